The van der Waals surface area contributed by atoms with Crippen LogP contribution in [0.1, 0.15) is 54.9 Å². The summed E-state index contributed by atoms with van der Waals surface area (Å²) in [6.07, 6.45) is 11.2. The maximum atomic E-state index is 6.51. The molecule has 0 bridgehead atoms. The SMILES string of the molecule is COc1cc(C)cc2sc(N3CCC4(C=C(c5c(-c6c(Cl)cncc6Cl)noc5C5CC5)C4)CC3)nc12. The molecule has 4 heterocycles. The fraction of sp³-hybridized carbons (Fsp3) is 0.393. The Kier molecular flexibility index (Phi) is 5.54. The number of aryl methyl sites for hydroxylation is 1. The highest BCUT2D eigenvalue weighted by atomic mass is 35.5. The molecule has 4 aromatic rings. The van der Waals surface area contributed by atoms with E-state index in [1.54, 1.807) is 30.8 Å². The molecule has 9 heteroatoms. The fourth-order valence-electron chi connectivity index (χ4n) is 5.80. The number of rotatable bonds is 5. The summed E-state index contributed by atoms with van der Waals surface area (Å²) < 4.78 is 12.7. The third kappa shape index (κ3) is 3.94. The fourth-order valence-corrected chi connectivity index (χ4v) is 7.48. The topological polar surface area (TPSA) is 64.3 Å². The minimum absolute atomic E-state index is 0.206. The molecule has 2 aliphatic carbocycles. The molecule has 7 rings (SSSR count). The van der Waals surface area contributed by atoms with Crippen molar-refractivity contribution < 1.29 is 9.26 Å². The predicted octanol–water partition coefficient (Wildman–Crippen LogP) is 7.92. The summed E-state index contributed by atoms with van der Waals surface area (Å²) in [5.41, 5.74) is 6.21. The highest BCUT2D eigenvalue weighted by molar-refractivity contribution is 7.22. The summed E-state index contributed by atoms with van der Waals surface area (Å²) >= 11 is 14.8. The molecule has 0 atom stereocenters. The van der Waals surface area contributed by atoms with Crippen LogP contribution in [0.15, 0.2) is 35.1 Å². The molecule has 0 N–H and O–H groups in total. The number of methoxy groups -OCH3 is 1. The standard InChI is InChI=1S/C28H26Cl2N4O2S/c1-15-9-20(35-2)24-21(10-15)37-27(32-24)34-7-5-28(6-8-34)11-17(12-28)22-25(33-36-26(22)16-3-4-16)23-18(29)13-31-14-19(23)30/h9-11,13-14,16H,3-8,12H2,1-2H3. The molecule has 1 aromatic carbocycles. The number of piperidine rings is 1. The number of fused-ring (bicyclic) bond motifs is 1. The Morgan fingerprint density at radius 2 is 1.84 bits per heavy atom. The summed E-state index contributed by atoms with van der Waals surface area (Å²) in [5, 5.41) is 6.53. The number of allylic oxidation sites excluding steroid dienone is 2. The first-order valence-corrected chi connectivity index (χ1v) is 14.2. The lowest BCUT2D eigenvalue weighted by Crippen LogP contribution is -2.42. The van der Waals surface area contributed by atoms with Crippen molar-refractivity contribution in [2.24, 2.45) is 5.41 Å². The molecule has 2 fully saturated rings. The van der Waals surface area contributed by atoms with Crippen molar-refractivity contribution in [1.82, 2.24) is 15.1 Å². The third-order valence-corrected chi connectivity index (χ3v) is 9.58. The highest BCUT2D eigenvalue weighted by Gasteiger charge is 2.44. The molecule has 1 spiro atoms. The smallest absolute Gasteiger partial charge is 0.186 e. The van der Waals surface area contributed by atoms with Crippen LogP contribution in [-0.2, 0) is 0 Å². The van der Waals surface area contributed by atoms with Gasteiger partial charge in [-0.2, -0.15) is 0 Å². The first-order valence-electron chi connectivity index (χ1n) is 12.7. The van der Waals surface area contributed by atoms with E-state index in [9.17, 15) is 0 Å². The molecule has 3 aliphatic rings. The molecule has 3 aromatic heterocycles. The van der Waals surface area contributed by atoms with Gasteiger partial charge in [0.1, 0.15) is 22.7 Å². The molecule has 37 heavy (non-hydrogen) atoms. The normalized spacial score (nSPS) is 18.8. The Morgan fingerprint density at radius 1 is 1.11 bits per heavy atom. The highest BCUT2D eigenvalue weighted by Crippen LogP contribution is 2.56. The Balaban J connectivity index is 1.15. The van der Waals surface area contributed by atoms with Crippen LogP contribution in [0.5, 0.6) is 5.75 Å². The number of hydrogen-bond acceptors (Lipinski definition) is 7. The molecule has 1 aliphatic heterocycles. The largest absolute Gasteiger partial charge is 0.494 e. The van der Waals surface area contributed by atoms with Crippen LogP contribution in [0.4, 0.5) is 5.13 Å². The van der Waals surface area contributed by atoms with Gasteiger partial charge in [0, 0.05) is 42.5 Å². The van der Waals surface area contributed by atoms with Crippen LogP contribution in [-0.4, -0.2) is 35.3 Å². The Morgan fingerprint density at radius 3 is 2.51 bits per heavy atom. The number of ether oxygens (including phenoxy) is 1. The monoisotopic (exact) mass is 552 g/mol. The quantitative estimate of drug-likeness (QED) is 0.250. The minimum atomic E-state index is 0.206. The molecule has 6 nitrogen and oxygen atoms in total. The molecular weight excluding hydrogens is 527 g/mol. The summed E-state index contributed by atoms with van der Waals surface area (Å²) in [6, 6.07) is 4.25. The molecule has 0 unspecified atom stereocenters. The van der Waals surface area contributed by atoms with Crippen LogP contribution in [0, 0.1) is 12.3 Å². The van der Waals surface area contributed by atoms with Gasteiger partial charge in [0.15, 0.2) is 5.13 Å². The van der Waals surface area contributed by atoms with Crippen molar-refractivity contribution in [3.63, 3.8) is 0 Å². The Labute approximate surface area is 229 Å². The van der Waals surface area contributed by atoms with Gasteiger partial charge in [-0.15, -0.1) is 0 Å². The van der Waals surface area contributed by atoms with Gasteiger partial charge in [-0.3, -0.25) is 4.98 Å². The number of benzene rings is 1. The van der Waals surface area contributed by atoms with Gasteiger partial charge in [0.2, 0.25) is 0 Å². The molecule has 0 radical (unpaired) electrons. The maximum Gasteiger partial charge on any atom is 0.186 e. The average molecular weight is 554 g/mol. The van der Waals surface area contributed by atoms with Gasteiger partial charge in [0.05, 0.1) is 21.9 Å². The number of hydrogen-bond donors (Lipinski definition) is 0. The first kappa shape index (κ1) is 23.5. The van der Waals surface area contributed by atoms with Crippen molar-refractivity contribution >= 4 is 55.5 Å². The lowest BCUT2D eigenvalue weighted by atomic mass is 9.63. The second-order valence-electron chi connectivity index (χ2n) is 10.5. The van der Waals surface area contributed by atoms with Gasteiger partial charge in [0.25, 0.3) is 0 Å². The summed E-state index contributed by atoms with van der Waals surface area (Å²) in [7, 11) is 1.71. The van der Waals surface area contributed by atoms with E-state index in [2.05, 4.69) is 40.2 Å². The van der Waals surface area contributed by atoms with E-state index in [1.807, 2.05) is 0 Å². The van der Waals surface area contributed by atoms with Crippen molar-refractivity contribution in [2.45, 2.75) is 44.9 Å². The number of nitrogens with zero attached hydrogens (tertiary/aromatic N) is 4. The molecule has 1 saturated carbocycles. The van der Waals surface area contributed by atoms with E-state index < -0.39 is 0 Å². The number of halogens is 2. The second kappa shape index (κ2) is 8.72. The third-order valence-electron chi connectivity index (χ3n) is 7.94. The summed E-state index contributed by atoms with van der Waals surface area (Å²) in [5.74, 6) is 2.27. The van der Waals surface area contributed by atoms with Gasteiger partial charge < -0.3 is 14.2 Å². The van der Waals surface area contributed by atoms with E-state index in [0.717, 1.165) is 78.6 Å². The van der Waals surface area contributed by atoms with Crippen molar-refractivity contribution in [1.29, 1.82) is 0 Å². The molecule has 0 amide bonds. The predicted molar refractivity (Wildman–Crippen MR) is 149 cm³/mol. The van der Waals surface area contributed by atoms with Crippen LogP contribution < -0.4 is 9.64 Å². The van der Waals surface area contributed by atoms with Gasteiger partial charge >= 0.3 is 0 Å². The van der Waals surface area contributed by atoms with Crippen LogP contribution in [0.2, 0.25) is 10.0 Å². The lowest BCUT2D eigenvalue weighted by Gasteiger charge is -2.46. The van der Waals surface area contributed by atoms with Crippen LogP contribution in [0.25, 0.3) is 27.0 Å². The van der Waals surface area contributed by atoms with Crippen molar-refractivity contribution in [3.8, 4) is 17.0 Å². The van der Waals surface area contributed by atoms with Gasteiger partial charge in [-0.1, -0.05) is 45.8 Å². The van der Waals surface area contributed by atoms with E-state index in [4.69, 9.17) is 37.4 Å². The first-order chi connectivity index (χ1) is 17.9. The summed E-state index contributed by atoms with van der Waals surface area (Å²) in [4.78, 5) is 11.5. The van der Waals surface area contributed by atoms with Crippen molar-refractivity contribution in [2.75, 3.05) is 25.1 Å². The zero-order valence-corrected chi connectivity index (χ0v) is 23.0. The molecule has 1 saturated heterocycles. The number of aromatic nitrogens is 3. The number of pyridine rings is 1. The maximum absolute atomic E-state index is 6.51. The minimum Gasteiger partial charge on any atom is -0.494 e. The van der Waals surface area contributed by atoms with Crippen LogP contribution >= 0.6 is 34.5 Å². The molecule has 190 valence electrons. The second-order valence-corrected chi connectivity index (χ2v) is 12.4. The zero-order chi connectivity index (χ0) is 25.3. The number of thiazole rings is 1. The van der Waals surface area contributed by atoms with Crippen LogP contribution in [0.3, 0.4) is 0 Å². The molecular formula is C28H26Cl2N4O2S. The summed E-state index contributed by atoms with van der Waals surface area (Å²) in [6.45, 7) is 4.07. The van der Waals surface area contributed by atoms with Crippen molar-refractivity contribution in [3.05, 3.63) is 57.5 Å². The Bertz CT molecular complexity index is 1540. The lowest BCUT2D eigenvalue weighted by molar-refractivity contribution is 0.277. The van der Waals surface area contributed by atoms with E-state index in [-0.39, 0.29) is 5.41 Å². The zero-order valence-electron chi connectivity index (χ0n) is 20.7. The van der Waals surface area contributed by atoms with E-state index in [0.29, 0.717) is 21.5 Å². The van der Waals surface area contributed by atoms with Gasteiger partial charge in [-0.05, 0) is 67.7 Å². The van der Waals surface area contributed by atoms with E-state index >= 15 is 0 Å². The average Bonchev–Trinajstić information content (AvgIpc) is 3.48. The Hall–Kier alpha value is -2.61. The van der Waals surface area contributed by atoms with Gasteiger partial charge in [-0.25, -0.2) is 4.98 Å². The number of anilines is 1. The van der Waals surface area contributed by atoms with E-state index in [1.165, 1.54) is 15.8 Å².